The van der Waals surface area contributed by atoms with E-state index in [1.807, 2.05) is 76.2 Å². The molecule has 156 valence electrons. The summed E-state index contributed by atoms with van der Waals surface area (Å²) >= 11 is 0. The minimum atomic E-state index is -0.527. The molecule has 2 aromatic rings. The summed E-state index contributed by atoms with van der Waals surface area (Å²) in [6, 6.07) is 15.0. The van der Waals surface area contributed by atoms with Gasteiger partial charge >= 0.3 is 0 Å². The molecule has 0 saturated heterocycles. The molecule has 0 aliphatic carbocycles. The van der Waals surface area contributed by atoms with E-state index < -0.39 is 6.04 Å². The molecule has 0 aliphatic rings. The molecule has 0 bridgehead atoms. The number of benzene rings is 2. The summed E-state index contributed by atoms with van der Waals surface area (Å²) in [6.07, 6.45) is 0.805. The molecule has 5 nitrogen and oxygen atoms in total. The third-order valence-electron chi connectivity index (χ3n) is 4.74. The van der Waals surface area contributed by atoms with Crippen molar-refractivity contribution >= 4 is 11.8 Å². The van der Waals surface area contributed by atoms with Gasteiger partial charge in [-0.2, -0.15) is 0 Å². The zero-order valence-corrected chi connectivity index (χ0v) is 18.1. The lowest BCUT2D eigenvalue weighted by atomic mass is 10.0. The van der Waals surface area contributed by atoms with Crippen molar-refractivity contribution < 1.29 is 14.3 Å². The van der Waals surface area contributed by atoms with Gasteiger partial charge in [0.05, 0.1) is 13.5 Å². The Morgan fingerprint density at radius 1 is 1.07 bits per heavy atom. The second-order valence-corrected chi connectivity index (χ2v) is 7.63. The van der Waals surface area contributed by atoms with E-state index in [2.05, 4.69) is 5.32 Å². The predicted octanol–water partition coefficient (Wildman–Crippen LogP) is 3.88. The van der Waals surface area contributed by atoms with Crippen LogP contribution in [0.4, 0.5) is 0 Å². The molecule has 2 rings (SSSR count). The van der Waals surface area contributed by atoms with Crippen LogP contribution in [0, 0.1) is 6.92 Å². The van der Waals surface area contributed by atoms with Crippen LogP contribution in [0.2, 0.25) is 0 Å². The second-order valence-electron chi connectivity index (χ2n) is 7.63. The fraction of sp³-hybridized carbons (Fsp3) is 0.417. The first-order valence-corrected chi connectivity index (χ1v) is 10.1. The first-order valence-electron chi connectivity index (χ1n) is 10.1. The normalized spacial score (nSPS) is 11.8. The number of aryl methyl sites for hydroxylation is 1. The smallest absolute Gasteiger partial charge is 0.243 e. The first kappa shape index (κ1) is 22.5. The number of rotatable bonds is 9. The third kappa shape index (κ3) is 6.63. The van der Waals surface area contributed by atoms with Crippen molar-refractivity contribution in [2.24, 2.45) is 0 Å². The molecule has 0 radical (unpaired) electrons. The Hall–Kier alpha value is -2.82. The van der Waals surface area contributed by atoms with Crippen molar-refractivity contribution in [2.75, 3.05) is 7.11 Å². The molecule has 0 fully saturated rings. The monoisotopic (exact) mass is 396 g/mol. The molecule has 0 aliphatic heterocycles. The zero-order chi connectivity index (χ0) is 21.4. The third-order valence-corrected chi connectivity index (χ3v) is 4.74. The van der Waals surface area contributed by atoms with Crippen LogP contribution < -0.4 is 10.1 Å². The van der Waals surface area contributed by atoms with Gasteiger partial charge in [0.1, 0.15) is 11.8 Å². The summed E-state index contributed by atoms with van der Waals surface area (Å²) in [7, 11) is 1.62. The van der Waals surface area contributed by atoms with Gasteiger partial charge in [-0.1, -0.05) is 48.9 Å². The molecule has 0 aromatic heterocycles. The van der Waals surface area contributed by atoms with Gasteiger partial charge in [0.25, 0.3) is 0 Å². The molecule has 2 aromatic carbocycles. The topological polar surface area (TPSA) is 58.6 Å². The maximum Gasteiger partial charge on any atom is 0.243 e. The Morgan fingerprint density at radius 3 is 2.38 bits per heavy atom. The Balaban J connectivity index is 2.31. The highest BCUT2D eigenvalue weighted by Gasteiger charge is 2.29. The van der Waals surface area contributed by atoms with E-state index in [1.165, 1.54) is 0 Å². The summed E-state index contributed by atoms with van der Waals surface area (Å²) in [4.78, 5) is 27.8. The maximum atomic E-state index is 13.3. The highest BCUT2D eigenvalue weighted by molar-refractivity contribution is 5.88. The van der Waals surface area contributed by atoms with Crippen LogP contribution in [0.5, 0.6) is 5.75 Å². The van der Waals surface area contributed by atoms with Gasteiger partial charge in [-0.05, 0) is 50.5 Å². The average molecular weight is 397 g/mol. The van der Waals surface area contributed by atoms with E-state index in [9.17, 15) is 9.59 Å². The highest BCUT2D eigenvalue weighted by atomic mass is 16.5. The molecule has 0 heterocycles. The van der Waals surface area contributed by atoms with Crippen molar-refractivity contribution in [3.8, 4) is 5.75 Å². The lowest BCUT2D eigenvalue weighted by molar-refractivity contribution is -0.141. The Labute approximate surface area is 174 Å². The molecule has 0 spiro atoms. The molecule has 29 heavy (non-hydrogen) atoms. The van der Waals surface area contributed by atoms with Gasteiger partial charge in [0.15, 0.2) is 0 Å². The van der Waals surface area contributed by atoms with Gasteiger partial charge in [-0.15, -0.1) is 0 Å². The van der Waals surface area contributed by atoms with Crippen LogP contribution in [-0.4, -0.2) is 35.9 Å². The largest absolute Gasteiger partial charge is 0.497 e. The number of amides is 2. The fourth-order valence-corrected chi connectivity index (χ4v) is 3.37. The van der Waals surface area contributed by atoms with Gasteiger partial charge in [0, 0.05) is 12.6 Å². The molecular formula is C24H32N2O3. The lowest BCUT2D eigenvalue weighted by Crippen LogP contribution is -2.50. The van der Waals surface area contributed by atoms with E-state index in [0.717, 1.165) is 22.4 Å². The van der Waals surface area contributed by atoms with Crippen LogP contribution in [0.3, 0.4) is 0 Å². The van der Waals surface area contributed by atoms with Crippen molar-refractivity contribution in [3.63, 3.8) is 0 Å². The number of hydrogen-bond donors (Lipinski definition) is 1. The summed E-state index contributed by atoms with van der Waals surface area (Å²) in [5.74, 6) is 0.542. The van der Waals surface area contributed by atoms with Crippen LogP contribution in [0.15, 0.2) is 48.5 Å². The maximum absolute atomic E-state index is 13.3. The predicted molar refractivity (Wildman–Crippen MR) is 116 cm³/mol. The molecule has 1 atom stereocenters. The quantitative estimate of drug-likeness (QED) is 0.700. The van der Waals surface area contributed by atoms with E-state index in [1.54, 1.807) is 12.0 Å². The summed E-state index contributed by atoms with van der Waals surface area (Å²) in [5.41, 5.74) is 2.99. The standard InChI is InChI=1S/C24H32N2O3/c1-6-22(24(28)25-17(2)3)26(16-20-11-8-12-21(14-20)29-5)23(27)15-19-10-7-9-18(4)13-19/h7-14,17,22H,6,15-16H2,1-5H3,(H,25,28)/t22-/m0/s1. The lowest BCUT2D eigenvalue weighted by Gasteiger charge is -2.31. The number of nitrogens with one attached hydrogen (secondary N) is 1. The molecule has 1 N–H and O–H groups in total. The SMILES string of the molecule is CC[C@@H](C(=O)NC(C)C)N(Cc1cccc(OC)c1)C(=O)Cc1cccc(C)c1. The molecule has 0 unspecified atom stereocenters. The van der Waals surface area contributed by atoms with E-state index >= 15 is 0 Å². The van der Waals surface area contributed by atoms with Gasteiger partial charge in [-0.25, -0.2) is 0 Å². The van der Waals surface area contributed by atoms with Gasteiger partial charge in [-0.3, -0.25) is 9.59 Å². The van der Waals surface area contributed by atoms with E-state index in [-0.39, 0.29) is 24.3 Å². The van der Waals surface area contributed by atoms with Crippen molar-refractivity contribution in [3.05, 3.63) is 65.2 Å². The van der Waals surface area contributed by atoms with E-state index in [4.69, 9.17) is 4.74 Å². The van der Waals surface area contributed by atoms with E-state index in [0.29, 0.717) is 13.0 Å². The zero-order valence-electron chi connectivity index (χ0n) is 18.1. The highest BCUT2D eigenvalue weighted by Crippen LogP contribution is 2.18. The number of hydrogen-bond acceptors (Lipinski definition) is 3. The number of carbonyl (C=O) groups is 2. The molecule has 2 amide bonds. The van der Waals surface area contributed by atoms with Gasteiger partial charge < -0.3 is 15.0 Å². The Kier molecular flexibility index (Phi) is 8.25. The minimum absolute atomic E-state index is 0.0158. The van der Waals surface area contributed by atoms with Crippen molar-refractivity contribution in [2.45, 2.75) is 59.2 Å². The fourth-order valence-electron chi connectivity index (χ4n) is 3.37. The van der Waals surface area contributed by atoms with Crippen LogP contribution in [-0.2, 0) is 22.6 Å². The minimum Gasteiger partial charge on any atom is -0.497 e. The Morgan fingerprint density at radius 2 is 1.76 bits per heavy atom. The van der Waals surface area contributed by atoms with Gasteiger partial charge in [0.2, 0.25) is 11.8 Å². The van der Waals surface area contributed by atoms with Crippen LogP contribution >= 0.6 is 0 Å². The van der Waals surface area contributed by atoms with Crippen molar-refractivity contribution in [1.29, 1.82) is 0 Å². The molecular weight excluding hydrogens is 364 g/mol. The number of methoxy groups -OCH3 is 1. The molecule has 0 saturated carbocycles. The summed E-state index contributed by atoms with van der Waals surface area (Å²) in [6.45, 7) is 8.14. The molecule has 5 heteroatoms. The second kappa shape index (κ2) is 10.6. The average Bonchev–Trinajstić information content (AvgIpc) is 2.67. The summed E-state index contributed by atoms with van der Waals surface area (Å²) < 4.78 is 5.31. The van der Waals surface area contributed by atoms with Crippen LogP contribution in [0.1, 0.15) is 43.9 Å². The first-order chi connectivity index (χ1) is 13.8. The van der Waals surface area contributed by atoms with Crippen molar-refractivity contribution in [1.82, 2.24) is 10.2 Å². The number of carbonyl (C=O) groups excluding carboxylic acids is 2. The van der Waals surface area contributed by atoms with Crippen LogP contribution in [0.25, 0.3) is 0 Å². The number of ether oxygens (including phenoxy) is 1. The summed E-state index contributed by atoms with van der Waals surface area (Å²) in [5, 5.41) is 2.95. The Bertz CT molecular complexity index is 832. The number of nitrogens with zero attached hydrogens (tertiary/aromatic N) is 1.